The zero-order valence-corrected chi connectivity index (χ0v) is 19.1. The lowest BCUT2D eigenvalue weighted by molar-refractivity contribution is -0.152. The van der Waals surface area contributed by atoms with Gasteiger partial charge in [0.15, 0.2) is 0 Å². The number of ether oxygens (including phenoxy) is 2. The Morgan fingerprint density at radius 1 is 1.12 bits per heavy atom. The van der Waals surface area contributed by atoms with E-state index in [4.69, 9.17) is 9.47 Å². The van der Waals surface area contributed by atoms with Crippen molar-refractivity contribution >= 4 is 52.5 Å². The molecule has 0 unspecified atom stereocenters. The first kappa shape index (κ1) is 22.3. The molecule has 32 heavy (non-hydrogen) atoms. The van der Waals surface area contributed by atoms with E-state index in [9.17, 15) is 24.0 Å². The van der Waals surface area contributed by atoms with Crippen LogP contribution in [-0.2, 0) is 23.9 Å². The van der Waals surface area contributed by atoms with Crippen LogP contribution in [0, 0.1) is 5.92 Å². The van der Waals surface area contributed by atoms with Gasteiger partial charge < -0.3 is 14.5 Å². The Morgan fingerprint density at radius 2 is 1.81 bits per heavy atom. The minimum Gasteiger partial charge on any atom is -0.462 e. The highest BCUT2D eigenvalue weighted by Crippen LogP contribution is 2.51. The maximum atomic E-state index is 13.4. The summed E-state index contributed by atoms with van der Waals surface area (Å²) in [5.41, 5.74) is 0.579. The quantitative estimate of drug-likeness (QED) is 0.515. The van der Waals surface area contributed by atoms with Gasteiger partial charge in [0, 0.05) is 0 Å². The van der Waals surface area contributed by atoms with Crippen molar-refractivity contribution in [3.8, 4) is 0 Å². The Kier molecular flexibility index (Phi) is 5.95. The molecular formula is C21H20N2O7S2. The fourth-order valence-electron chi connectivity index (χ4n) is 3.79. The van der Waals surface area contributed by atoms with E-state index in [1.807, 2.05) is 0 Å². The standard InChI is InChI=1S/C21H20N2O7S2/c1-4-29-19(26)10-5-7-11(8-6-10)23-17(24)12-13(20(27)30-9(2)3)14-16(22-21(28)32-14)31-15(12)18(23)25/h5-9,12-13,15H,4H2,1-3H3,(H,22,28)/t12-,13+,15+/m0/s1. The Labute approximate surface area is 191 Å². The Morgan fingerprint density at radius 3 is 2.44 bits per heavy atom. The molecule has 4 rings (SSSR count). The number of carbonyl (C=O) groups excluding carboxylic acids is 4. The van der Waals surface area contributed by atoms with Crippen LogP contribution in [0.3, 0.4) is 0 Å². The van der Waals surface area contributed by atoms with Gasteiger partial charge in [-0.1, -0.05) is 23.1 Å². The molecule has 0 spiro atoms. The topological polar surface area (TPSA) is 123 Å². The van der Waals surface area contributed by atoms with Gasteiger partial charge in [0.2, 0.25) is 11.8 Å². The molecule has 2 aliphatic heterocycles. The second-order valence-electron chi connectivity index (χ2n) is 7.51. The second-order valence-corrected chi connectivity index (χ2v) is 9.68. The average Bonchev–Trinajstić information content (AvgIpc) is 3.22. The third-order valence-corrected chi connectivity index (χ3v) is 7.47. The molecule has 11 heteroatoms. The van der Waals surface area contributed by atoms with Crippen LogP contribution in [-0.4, -0.2) is 46.7 Å². The van der Waals surface area contributed by atoms with Gasteiger partial charge in [-0.15, -0.1) is 0 Å². The molecule has 1 N–H and O–H groups in total. The molecule has 3 atom stereocenters. The van der Waals surface area contributed by atoms with Crippen LogP contribution in [0.4, 0.5) is 5.69 Å². The minimum absolute atomic E-state index is 0.227. The summed E-state index contributed by atoms with van der Waals surface area (Å²) in [5, 5.41) is -0.470. The van der Waals surface area contributed by atoms with Crippen molar-refractivity contribution in [3.63, 3.8) is 0 Å². The number of thioether (sulfide) groups is 1. The van der Waals surface area contributed by atoms with E-state index < -0.39 is 46.9 Å². The number of esters is 2. The number of aromatic nitrogens is 1. The number of fused-ring (bicyclic) bond motifs is 2. The van der Waals surface area contributed by atoms with Gasteiger partial charge in [-0.25, -0.2) is 9.69 Å². The molecule has 2 aromatic rings. The van der Waals surface area contributed by atoms with Gasteiger partial charge in [-0.2, -0.15) is 0 Å². The zero-order valence-electron chi connectivity index (χ0n) is 17.4. The van der Waals surface area contributed by atoms with Crippen LogP contribution in [0.25, 0.3) is 0 Å². The fourth-order valence-corrected chi connectivity index (χ4v) is 6.27. The first-order chi connectivity index (χ1) is 15.2. The van der Waals surface area contributed by atoms with Crippen molar-refractivity contribution in [2.45, 2.75) is 43.1 Å². The maximum Gasteiger partial charge on any atom is 0.338 e. The average molecular weight is 477 g/mol. The number of amides is 2. The lowest BCUT2D eigenvalue weighted by atomic mass is 9.88. The van der Waals surface area contributed by atoms with Gasteiger partial charge in [-0.05, 0) is 45.0 Å². The summed E-state index contributed by atoms with van der Waals surface area (Å²) in [5.74, 6) is -4.24. The summed E-state index contributed by atoms with van der Waals surface area (Å²) in [6, 6.07) is 5.93. The van der Waals surface area contributed by atoms with E-state index in [1.54, 1.807) is 20.8 Å². The molecule has 0 radical (unpaired) electrons. The van der Waals surface area contributed by atoms with Crippen LogP contribution in [0.1, 0.15) is 41.9 Å². The smallest absolute Gasteiger partial charge is 0.338 e. The highest BCUT2D eigenvalue weighted by molar-refractivity contribution is 8.00. The zero-order chi connectivity index (χ0) is 23.2. The molecule has 9 nitrogen and oxygen atoms in total. The SMILES string of the molecule is CCOC(=O)c1ccc(N2C(=O)[C@@H]3[C@@H](Sc4[nH]c(=O)sc4[C@@H]3C(=O)OC(C)C)C2=O)cc1. The third-order valence-electron chi connectivity index (χ3n) is 5.07. The summed E-state index contributed by atoms with van der Waals surface area (Å²) >= 11 is 1.92. The van der Waals surface area contributed by atoms with E-state index in [2.05, 4.69) is 4.98 Å². The van der Waals surface area contributed by atoms with Gasteiger partial charge in [0.25, 0.3) is 0 Å². The molecule has 1 fully saturated rings. The van der Waals surface area contributed by atoms with Crippen LogP contribution in [0.5, 0.6) is 0 Å². The molecule has 2 aliphatic rings. The summed E-state index contributed by atoms with van der Waals surface area (Å²) in [6.45, 7) is 5.29. The number of thiazole rings is 1. The van der Waals surface area contributed by atoms with Crippen molar-refractivity contribution in [2.24, 2.45) is 5.92 Å². The number of carbonyl (C=O) groups is 4. The van der Waals surface area contributed by atoms with Crippen molar-refractivity contribution in [2.75, 3.05) is 11.5 Å². The van der Waals surface area contributed by atoms with Crippen molar-refractivity contribution in [3.05, 3.63) is 44.4 Å². The van der Waals surface area contributed by atoms with E-state index >= 15 is 0 Å². The first-order valence-corrected chi connectivity index (χ1v) is 11.7. The molecule has 3 heterocycles. The van der Waals surface area contributed by atoms with E-state index in [0.717, 1.165) is 28.0 Å². The lowest BCUT2D eigenvalue weighted by Crippen LogP contribution is -2.36. The number of anilines is 1. The highest BCUT2D eigenvalue weighted by atomic mass is 32.2. The van der Waals surface area contributed by atoms with Crippen molar-refractivity contribution in [1.82, 2.24) is 4.98 Å². The normalized spacial score (nSPS) is 22.0. The number of imide groups is 1. The molecule has 0 bridgehead atoms. The van der Waals surface area contributed by atoms with Gasteiger partial charge >= 0.3 is 16.8 Å². The van der Waals surface area contributed by atoms with Gasteiger partial charge in [0.05, 0.1) is 39.8 Å². The number of H-pyrrole nitrogens is 1. The Hall–Kier alpha value is -2.92. The van der Waals surface area contributed by atoms with Crippen LogP contribution in [0.15, 0.2) is 34.1 Å². The van der Waals surface area contributed by atoms with Gasteiger partial charge in [0.1, 0.15) is 11.2 Å². The summed E-state index contributed by atoms with van der Waals surface area (Å²) < 4.78 is 10.3. The van der Waals surface area contributed by atoms with Crippen LogP contribution in [0.2, 0.25) is 0 Å². The molecule has 2 amide bonds. The molecule has 1 aromatic heterocycles. The van der Waals surface area contributed by atoms with Crippen molar-refractivity contribution in [1.29, 1.82) is 0 Å². The lowest BCUT2D eigenvalue weighted by Gasteiger charge is -2.28. The molecule has 1 aromatic carbocycles. The minimum atomic E-state index is -1.05. The Balaban J connectivity index is 1.70. The number of benzene rings is 1. The van der Waals surface area contributed by atoms with E-state index in [1.165, 1.54) is 24.3 Å². The summed E-state index contributed by atoms with van der Waals surface area (Å²) in [4.78, 5) is 67.1. The number of hydrogen-bond donors (Lipinski definition) is 1. The number of rotatable bonds is 5. The highest BCUT2D eigenvalue weighted by Gasteiger charge is 2.58. The molecule has 0 saturated carbocycles. The summed E-state index contributed by atoms with van der Waals surface area (Å²) in [7, 11) is 0. The number of hydrogen-bond acceptors (Lipinski definition) is 9. The van der Waals surface area contributed by atoms with Gasteiger partial charge in [-0.3, -0.25) is 19.2 Å². The summed E-state index contributed by atoms with van der Waals surface area (Å²) in [6.07, 6.45) is -0.423. The Bertz CT molecular complexity index is 1150. The van der Waals surface area contributed by atoms with Crippen molar-refractivity contribution < 1.29 is 28.7 Å². The molecular weight excluding hydrogens is 456 g/mol. The second kappa shape index (κ2) is 8.55. The third kappa shape index (κ3) is 3.75. The number of nitrogens with zero attached hydrogens (tertiary/aromatic N) is 1. The monoisotopic (exact) mass is 476 g/mol. The molecule has 168 valence electrons. The largest absolute Gasteiger partial charge is 0.462 e. The predicted octanol–water partition coefficient (Wildman–Crippen LogP) is 2.31. The van der Waals surface area contributed by atoms with Crippen LogP contribution >= 0.6 is 23.1 Å². The fraction of sp³-hybridized carbons (Fsp3) is 0.381. The molecule has 1 saturated heterocycles. The molecule has 0 aliphatic carbocycles. The first-order valence-electron chi connectivity index (χ1n) is 9.98. The predicted molar refractivity (Wildman–Crippen MR) is 117 cm³/mol. The maximum absolute atomic E-state index is 13.4. The number of nitrogens with one attached hydrogen (secondary N) is 1. The number of aromatic amines is 1. The van der Waals surface area contributed by atoms with E-state index in [-0.39, 0.29) is 17.2 Å². The van der Waals surface area contributed by atoms with E-state index in [0.29, 0.717) is 15.5 Å². The van der Waals surface area contributed by atoms with Crippen LogP contribution < -0.4 is 9.77 Å².